The molecular formula is C10H19NO2. The van der Waals surface area contributed by atoms with Gasteiger partial charge in [-0.05, 0) is 32.2 Å². The van der Waals surface area contributed by atoms with Crippen LogP contribution in [-0.2, 0) is 9.47 Å². The van der Waals surface area contributed by atoms with Crippen LogP contribution in [0.25, 0.3) is 0 Å². The van der Waals surface area contributed by atoms with Gasteiger partial charge in [-0.1, -0.05) is 0 Å². The normalized spacial score (nSPS) is 29.1. The molecule has 0 spiro atoms. The summed E-state index contributed by atoms with van der Waals surface area (Å²) in [7, 11) is 0. The van der Waals surface area contributed by atoms with Gasteiger partial charge in [-0.3, -0.25) is 0 Å². The summed E-state index contributed by atoms with van der Waals surface area (Å²) in [4.78, 5) is 0. The van der Waals surface area contributed by atoms with Gasteiger partial charge < -0.3 is 14.8 Å². The summed E-state index contributed by atoms with van der Waals surface area (Å²) in [5.41, 5.74) is 0. The number of ether oxygens (including phenoxy) is 2. The van der Waals surface area contributed by atoms with E-state index in [2.05, 4.69) is 5.32 Å². The van der Waals surface area contributed by atoms with Crippen LogP contribution >= 0.6 is 0 Å². The van der Waals surface area contributed by atoms with E-state index in [-0.39, 0.29) is 0 Å². The van der Waals surface area contributed by atoms with Crippen LogP contribution in [0.2, 0.25) is 0 Å². The van der Waals surface area contributed by atoms with Crippen molar-refractivity contribution in [3.8, 4) is 0 Å². The van der Waals surface area contributed by atoms with Crippen LogP contribution in [0, 0.1) is 0 Å². The quantitative estimate of drug-likeness (QED) is 0.646. The van der Waals surface area contributed by atoms with Gasteiger partial charge in [0.2, 0.25) is 0 Å². The van der Waals surface area contributed by atoms with Gasteiger partial charge in [0.1, 0.15) is 6.10 Å². The number of nitrogens with one attached hydrogen (secondary N) is 1. The van der Waals surface area contributed by atoms with Gasteiger partial charge in [0.15, 0.2) is 0 Å². The largest absolute Gasteiger partial charge is 0.376 e. The maximum absolute atomic E-state index is 5.58. The molecule has 0 aliphatic carbocycles. The highest BCUT2D eigenvalue weighted by Gasteiger charge is 2.18. The van der Waals surface area contributed by atoms with Gasteiger partial charge in [-0.15, -0.1) is 0 Å². The van der Waals surface area contributed by atoms with Crippen LogP contribution in [-0.4, -0.2) is 38.5 Å². The van der Waals surface area contributed by atoms with Crippen molar-refractivity contribution in [1.29, 1.82) is 0 Å². The van der Waals surface area contributed by atoms with Crippen LogP contribution in [0.4, 0.5) is 0 Å². The standard InChI is InChI=1S/C10H19NO2/c1-3-9(11-5-1)4-2-6-13-10-7-12-8-10/h9-11H,1-8H2. The smallest absolute Gasteiger partial charge is 0.104 e. The molecule has 1 N–H and O–H groups in total. The molecule has 0 saturated carbocycles. The first-order valence-electron chi connectivity index (χ1n) is 5.38. The van der Waals surface area contributed by atoms with Crippen LogP contribution < -0.4 is 5.32 Å². The topological polar surface area (TPSA) is 30.5 Å². The van der Waals surface area contributed by atoms with Gasteiger partial charge in [-0.25, -0.2) is 0 Å². The average Bonchev–Trinajstić information content (AvgIpc) is 2.53. The van der Waals surface area contributed by atoms with E-state index in [1.165, 1.54) is 32.2 Å². The first-order chi connectivity index (χ1) is 6.45. The Morgan fingerprint density at radius 2 is 2.31 bits per heavy atom. The second kappa shape index (κ2) is 4.94. The summed E-state index contributed by atoms with van der Waals surface area (Å²) < 4.78 is 10.6. The number of rotatable bonds is 5. The molecule has 0 bridgehead atoms. The molecule has 13 heavy (non-hydrogen) atoms. The third-order valence-electron chi connectivity index (χ3n) is 2.82. The molecule has 0 aromatic heterocycles. The predicted octanol–water partition coefficient (Wildman–Crippen LogP) is 0.934. The molecule has 0 aromatic carbocycles. The maximum atomic E-state index is 5.58. The van der Waals surface area contributed by atoms with Crippen molar-refractivity contribution in [2.24, 2.45) is 0 Å². The fraction of sp³-hybridized carbons (Fsp3) is 1.00. The minimum absolute atomic E-state index is 0.400. The van der Waals surface area contributed by atoms with Crippen LogP contribution in [0.3, 0.4) is 0 Å². The molecule has 2 rings (SSSR count). The molecule has 0 amide bonds. The molecule has 0 radical (unpaired) electrons. The van der Waals surface area contributed by atoms with Crippen LogP contribution in [0.1, 0.15) is 25.7 Å². The third-order valence-corrected chi connectivity index (χ3v) is 2.82. The van der Waals surface area contributed by atoms with E-state index in [4.69, 9.17) is 9.47 Å². The zero-order valence-corrected chi connectivity index (χ0v) is 8.13. The van der Waals surface area contributed by atoms with Gasteiger partial charge in [0.25, 0.3) is 0 Å². The molecule has 1 atom stereocenters. The molecule has 0 aromatic rings. The number of hydrogen-bond donors (Lipinski definition) is 1. The van der Waals surface area contributed by atoms with E-state index in [1.807, 2.05) is 0 Å². The monoisotopic (exact) mass is 185 g/mol. The lowest BCUT2D eigenvalue weighted by Crippen LogP contribution is -2.36. The maximum Gasteiger partial charge on any atom is 0.104 e. The minimum Gasteiger partial charge on any atom is -0.376 e. The van der Waals surface area contributed by atoms with E-state index < -0.39 is 0 Å². The lowest BCUT2D eigenvalue weighted by molar-refractivity contribution is -0.130. The van der Waals surface area contributed by atoms with Crippen molar-refractivity contribution in [3.05, 3.63) is 0 Å². The Labute approximate surface area is 79.8 Å². The van der Waals surface area contributed by atoms with E-state index in [0.717, 1.165) is 25.9 Å². The Morgan fingerprint density at radius 3 is 2.92 bits per heavy atom. The first-order valence-corrected chi connectivity index (χ1v) is 5.38. The van der Waals surface area contributed by atoms with Gasteiger partial charge >= 0.3 is 0 Å². The van der Waals surface area contributed by atoms with Gasteiger partial charge in [0, 0.05) is 12.6 Å². The summed E-state index contributed by atoms with van der Waals surface area (Å²) in [6.45, 7) is 3.73. The molecule has 76 valence electrons. The second-order valence-corrected chi connectivity index (χ2v) is 3.97. The van der Waals surface area contributed by atoms with Gasteiger partial charge in [-0.2, -0.15) is 0 Å². The summed E-state index contributed by atoms with van der Waals surface area (Å²) in [5, 5.41) is 3.49. The first kappa shape index (κ1) is 9.44. The third kappa shape index (κ3) is 2.93. The Morgan fingerprint density at radius 1 is 1.38 bits per heavy atom. The van der Waals surface area contributed by atoms with Crippen molar-refractivity contribution in [3.63, 3.8) is 0 Å². The highest BCUT2D eigenvalue weighted by molar-refractivity contribution is 4.73. The minimum atomic E-state index is 0.400. The fourth-order valence-electron chi connectivity index (χ4n) is 1.89. The molecule has 3 heteroatoms. The summed E-state index contributed by atoms with van der Waals surface area (Å²) >= 11 is 0. The highest BCUT2D eigenvalue weighted by atomic mass is 16.6. The molecular weight excluding hydrogens is 166 g/mol. The lowest BCUT2D eigenvalue weighted by atomic mass is 10.1. The Hall–Kier alpha value is -0.120. The zero-order chi connectivity index (χ0) is 8.93. The Kier molecular flexibility index (Phi) is 3.58. The van der Waals surface area contributed by atoms with Crippen molar-refractivity contribution in [1.82, 2.24) is 5.32 Å². The summed E-state index contributed by atoms with van der Waals surface area (Å²) in [5.74, 6) is 0. The zero-order valence-electron chi connectivity index (χ0n) is 8.13. The average molecular weight is 185 g/mol. The van der Waals surface area contributed by atoms with Crippen molar-refractivity contribution in [2.45, 2.75) is 37.8 Å². The fourth-order valence-corrected chi connectivity index (χ4v) is 1.89. The van der Waals surface area contributed by atoms with Crippen LogP contribution in [0.15, 0.2) is 0 Å². The molecule has 2 heterocycles. The molecule has 3 nitrogen and oxygen atoms in total. The van der Waals surface area contributed by atoms with Crippen molar-refractivity contribution in [2.75, 3.05) is 26.4 Å². The highest BCUT2D eigenvalue weighted by Crippen LogP contribution is 2.12. The van der Waals surface area contributed by atoms with Crippen LogP contribution in [0.5, 0.6) is 0 Å². The summed E-state index contributed by atoms with van der Waals surface area (Å²) in [6.07, 6.45) is 5.56. The SMILES string of the molecule is C1CNC(CCCOC2COC2)C1. The van der Waals surface area contributed by atoms with E-state index >= 15 is 0 Å². The van der Waals surface area contributed by atoms with Crippen molar-refractivity contribution < 1.29 is 9.47 Å². The van der Waals surface area contributed by atoms with E-state index in [9.17, 15) is 0 Å². The van der Waals surface area contributed by atoms with E-state index in [0.29, 0.717) is 6.10 Å². The molecule has 2 aliphatic rings. The molecule has 1 unspecified atom stereocenters. The number of hydrogen-bond acceptors (Lipinski definition) is 3. The molecule has 2 saturated heterocycles. The van der Waals surface area contributed by atoms with Gasteiger partial charge in [0.05, 0.1) is 13.2 Å². The van der Waals surface area contributed by atoms with E-state index in [1.54, 1.807) is 0 Å². The molecule has 2 fully saturated rings. The Balaban J connectivity index is 1.43. The predicted molar refractivity (Wildman–Crippen MR) is 50.8 cm³/mol. The molecule has 2 aliphatic heterocycles. The van der Waals surface area contributed by atoms with Crippen molar-refractivity contribution >= 4 is 0 Å². The Bertz CT molecular complexity index is 142. The summed E-state index contributed by atoms with van der Waals surface area (Å²) in [6, 6.07) is 0.765. The lowest BCUT2D eigenvalue weighted by Gasteiger charge is -2.26. The second-order valence-electron chi connectivity index (χ2n) is 3.97.